The smallest absolute Gasteiger partial charge is 0.317 e. The minimum atomic E-state index is -0.719. The Morgan fingerprint density at radius 1 is 1.14 bits per heavy atom. The van der Waals surface area contributed by atoms with Crippen LogP contribution in [0.5, 0.6) is 0 Å². The first-order valence-electron chi connectivity index (χ1n) is 8.02. The van der Waals surface area contributed by atoms with Gasteiger partial charge in [-0.25, -0.2) is 4.79 Å². The van der Waals surface area contributed by atoms with Crippen LogP contribution < -0.4 is 5.32 Å². The van der Waals surface area contributed by atoms with Crippen LogP contribution in [-0.4, -0.2) is 52.3 Å². The largest absolute Gasteiger partial charge is 0.481 e. The highest BCUT2D eigenvalue weighted by atomic mass is 16.4. The summed E-state index contributed by atoms with van der Waals surface area (Å²) in [5, 5.41) is 21.0. The molecule has 1 heterocycles. The fraction of sp³-hybridized carbons (Fsp3) is 0.867. The van der Waals surface area contributed by atoms with E-state index < -0.39 is 5.97 Å². The van der Waals surface area contributed by atoms with E-state index in [1.54, 1.807) is 0 Å². The van der Waals surface area contributed by atoms with E-state index in [9.17, 15) is 9.59 Å². The number of amides is 2. The van der Waals surface area contributed by atoms with Crippen LogP contribution in [0.25, 0.3) is 0 Å². The molecule has 2 amide bonds. The second kappa shape index (κ2) is 7.64. The maximum absolute atomic E-state index is 12.3. The number of urea groups is 1. The van der Waals surface area contributed by atoms with Crippen molar-refractivity contribution in [3.05, 3.63) is 0 Å². The summed E-state index contributed by atoms with van der Waals surface area (Å²) in [6.07, 6.45) is 6.42. The Hall–Kier alpha value is -1.30. The third-order valence-corrected chi connectivity index (χ3v) is 4.74. The molecular formula is C15H26N2O4. The van der Waals surface area contributed by atoms with Crippen molar-refractivity contribution in [1.29, 1.82) is 0 Å². The summed E-state index contributed by atoms with van der Waals surface area (Å²) >= 11 is 0. The number of carbonyl (C=O) groups is 2. The summed E-state index contributed by atoms with van der Waals surface area (Å²) < 4.78 is 0. The van der Waals surface area contributed by atoms with Crippen molar-refractivity contribution in [2.75, 3.05) is 13.2 Å². The van der Waals surface area contributed by atoms with Gasteiger partial charge in [-0.15, -0.1) is 0 Å². The lowest BCUT2D eigenvalue weighted by molar-refractivity contribution is -0.142. The van der Waals surface area contributed by atoms with Gasteiger partial charge in [0.15, 0.2) is 0 Å². The van der Waals surface area contributed by atoms with Crippen LogP contribution in [0.2, 0.25) is 0 Å². The number of likely N-dealkylation sites (tertiary alicyclic amines) is 1. The van der Waals surface area contributed by atoms with Gasteiger partial charge in [0, 0.05) is 25.2 Å². The lowest BCUT2D eigenvalue weighted by Gasteiger charge is -2.31. The molecule has 1 aliphatic heterocycles. The summed E-state index contributed by atoms with van der Waals surface area (Å²) in [5.74, 6) is -0.967. The van der Waals surface area contributed by atoms with Crippen molar-refractivity contribution in [3.63, 3.8) is 0 Å². The Morgan fingerprint density at radius 3 is 2.48 bits per heavy atom. The number of aliphatic hydroxyl groups is 1. The van der Waals surface area contributed by atoms with Crippen LogP contribution in [0.4, 0.5) is 4.79 Å². The summed E-state index contributed by atoms with van der Waals surface area (Å²) in [7, 11) is 0. The van der Waals surface area contributed by atoms with Gasteiger partial charge in [-0.05, 0) is 51.4 Å². The van der Waals surface area contributed by atoms with Gasteiger partial charge in [0.2, 0.25) is 0 Å². The van der Waals surface area contributed by atoms with Gasteiger partial charge in [-0.1, -0.05) is 0 Å². The lowest BCUT2D eigenvalue weighted by Crippen LogP contribution is -2.48. The molecule has 1 saturated heterocycles. The molecule has 0 aromatic rings. The number of carboxylic acids is 1. The zero-order valence-electron chi connectivity index (χ0n) is 12.5. The van der Waals surface area contributed by atoms with Crippen molar-refractivity contribution in [2.45, 2.75) is 63.5 Å². The SMILES string of the molecule is O=C(O)C1CCC(NC(=O)N2CCCC2CCCO)CC1. The maximum Gasteiger partial charge on any atom is 0.317 e. The van der Waals surface area contributed by atoms with Crippen LogP contribution in [0, 0.1) is 5.92 Å². The van der Waals surface area contributed by atoms with E-state index in [2.05, 4.69) is 5.32 Å². The summed E-state index contributed by atoms with van der Waals surface area (Å²) in [6.45, 7) is 0.956. The number of hydrogen-bond donors (Lipinski definition) is 3. The number of rotatable bonds is 5. The molecule has 2 rings (SSSR count). The average molecular weight is 298 g/mol. The molecular weight excluding hydrogens is 272 g/mol. The molecule has 1 unspecified atom stereocenters. The van der Waals surface area contributed by atoms with E-state index in [-0.39, 0.29) is 30.6 Å². The fourth-order valence-corrected chi connectivity index (χ4v) is 3.47. The zero-order valence-corrected chi connectivity index (χ0v) is 12.5. The first-order chi connectivity index (χ1) is 10.1. The third kappa shape index (κ3) is 4.33. The van der Waals surface area contributed by atoms with E-state index in [0.29, 0.717) is 12.8 Å². The van der Waals surface area contributed by atoms with Gasteiger partial charge in [-0.2, -0.15) is 0 Å². The Morgan fingerprint density at radius 2 is 1.86 bits per heavy atom. The van der Waals surface area contributed by atoms with Crippen molar-refractivity contribution in [1.82, 2.24) is 10.2 Å². The van der Waals surface area contributed by atoms with Crippen molar-refractivity contribution < 1.29 is 19.8 Å². The molecule has 2 aliphatic rings. The van der Waals surface area contributed by atoms with E-state index in [4.69, 9.17) is 10.2 Å². The van der Waals surface area contributed by atoms with Gasteiger partial charge in [0.05, 0.1) is 5.92 Å². The normalized spacial score (nSPS) is 29.4. The van der Waals surface area contributed by atoms with Gasteiger partial charge in [-0.3, -0.25) is 4.79 Å². The Balaban J connectivity index is 1.77. The monoisotopic (exact) mass is 298 g/mol. The van der Waals surface area contributed by atoms with Gasteiger partial charge in [0.25, 0.3) is 0 Å². The summed E-state index contributed by atoms with van der Waals surface area (Å²) in [6, 6.07) is 0.328. The van der Waals surface area contributed by atoms with Crippen LogP contribution in [0.3, 0.4) is 0 Å². The second-order valence-corrected chi connectivity index (χ2v) is 6.19. The molecule has 1 saturated carbocycles. The zero-order chi connectivity index (χ0) is 15.2. The fourth-order valence-electron chi connectivity index (χ4n) is 3.47. The molecule has 120 valence electrons. The predicted molar refractivity (Wildman–Crippen MR) is 78.0 cm³/mol. The van der Waals surface area contributed by atoms with E-state index in [0.717, 1.165) is 45.1 Å². The standard InChI is InChI=1S/C15H26N2O4/c18-10-2-4-13-3-1-9-17(13)15(21)16-12-7-5-11(6-8-12)14(19)20/h11-13,18H,1-10H2,(H,16,21)(H,19,20). The molecule has 6 heteroatoms. The molecule has 0 aromatic heterocycles. The third-order valence-electron chi connectivity index (χ3n) is 4.74. The Kier molecular flexibility index (Phi) is 5.85. The molecule has 3 N–H and O–H groups in total. The lowest BCUT2D eigenvalue weighted by atomic mass is 9.86. The summed E-state index contributed by atoms with van der Waals surface area (Å²) in [4.78, 5) is 25.1. The molecule has 0 bridgehead atoms. The Bertz CT molecular complexity index is 367. The average Bonchev–Trinajstić information content (AvgIpc) is 2.94. The molecule has 1 aliphatic carbocycles. The topological polar surface area (TPSA) is 89.9 Å². The van der Waals surface area contributed by atoms with Crippen molar-refractivity contribution in [3.8, 4) is 0 Å². The van der Waals surface area contributed by atoms with Crippen molar-refractivity contribution >= 4 is 12.0 Å². The van der Waals surface area contributed by atoms with Gasteiger partial charge in [0.1, 0.15) is 0 Å². The predicted octanol–water partition coefficient (Wildman–Crippen LogP) is 1.58. The number of hydrogen-bond acceptors (Lipinski definition) is 3. The molecule has 0 aromatic carbocycles. The maximum atomic E-state index is 12.3. The number of carboxylic acid groups (broad SMARTS) is 1. The second-order valence-electron chi connectivity index (χ2n) is 6.19. The first-order valence-corrected chi connectivity index (χ1v) is 8.02. The molecule has 0 radical (unpaired) electrons. The minimum Gasteiger partial charge on any atom is -0.481 e. The Labute approximate surface area is 125 Å². The number of carbonyl (C=O) groups excluding carboxylic acids is 1. The van der Waals surface area contributed by atoms with Gasteiger partial charge < -0.3 is 20.4 Å². The highest BCUT2D eigenvalue weighted by molar-refractivity contribution is 5.75. The molecule has 6 nitrogen and oxygen atoms in total. The minimum absolute atomic E-state index is 0.0192. The summed E-state index contributed by atoms with van der Waals surface area (Å²) in [5.41, 5.74) is 0. The van der Waals surface area contributed by atoms with Crippen LogP contribution in [0.15, 0.2) is 0 Å². The molecule has 1 atom stereocenters. The molecule has 2 fully saturated rings. The highest BCUT2D eigenvalue weighted by Gasteiger charge is 2.31. The van der Waals surface area contributed by atoms with Crippen LogP contribution in [0.1, 0.15) is 51.4 Å². The number of nitrogens with one attached hydrogen (secondary N) is 1. The number of aliphatic carboxylic acids is 1. The first kappa shape index (κ1) is 16.1. The van der Waals surface area contributed by atoms with E-state index in [1.807, 2.05) is 4.90 Å². The van der Waals surface area contributed by atoms with E-state index in [1.165, 1.54) is 0 Å². The quantitative estimate of drug-likeness (QED) is 0.719. The molecule has 0 spiro atoms. The number of nitrogens with zero attached hydrogens (tertiary/aromatic N) is 1. The number of aliphatic hydroxyl groups excluding tert-OH is 1. The van der Waals surface area contributed by atoms with Crippen LogP contribution in [-0.2, 0) is 4.79 Å². The molecule has 21 heavy (non-hydrogen) atoms. The van der Waals surface area contributed by atoms with Crippen molar-refractivity contribution in [2.24, 2.45) is 5.92 Å². The van der Waals surface area contributed by atoms with Crippen LogP contribution >= 0.6 is 0 Å². The van der Waals surface area contributed by atoms with E-state index >= 15 is 0 Å². The highest BCUT2D eigenvalue weighted by Crippen LogP contribution is 2.26. The van der Waals surface area contributed by atoms with Gasteiger partial charge >= 0.3 is 12.0 Å².